The van der Waals surface area contributed by atoms with Crippen molar-refractivity contribution in [1.29, 1.82) is 0 Å². The van der Waals surface area contributed by atoms with Gasteiger partial charge in [-0.25, -0.2) is 4.39 Å². The highest BCUT2D eigenvalue weighted by molar-refractivity contribution is 9.10. The minimum absolute atomic E-state index is 0.310. The van der Waals surface area contributed by atoms with Crippen LogP contribution in [0.2, 0.25) is 5.02 Å². The molecule has 5 heteroatoms. The van der Waals surface area contributed by atoms with Crippen molar-refractivity contribution in [3.05, 3.63) is 57.3 Å². The molecule has 0 heterocycles. The van der Waals surface area contributed by atoms with Crippen molar-refractivity contribution in [3.8, 4) is 0 Å². The standard InChI is InChI=1S/C14H13BrClFN2/c1-19(14-6-5-9(15)7-13(14)18)8-10-11(16)3-2-4-12(10)17/h2-7H,8,18H2,1H3. The van der Waals surface area contributed by atoms with Crippen molar-refractivity contribution in [2.45, 2.75) is 6.54 Å². The van der Waals surface area contributed by atoms with Crippen LogP contribution in [0.5, 0.6) is 0 Å². The maximum atomic E-state index is 13.7. The van der Waals surface area contributed by atoms with Crippen LogP contribution in [0.4, 0.5) is 15.8 Å². The SMILES string of the molecule is CN(Cc1c(F)cccc1Cl)c1ccc(Br)cc1N. The summed E-state index contributed by atoms with van der Waals surface area (Å²) in [5.41, 5.74) is 7.88. The Bertz CT molecular complexity index is 584. The van der Waals surface area contributed by atoms with Crippen LogP contribution < -0.4 is 10.6 Å². The quantitative estimate of drug-likeness (QED) is 0.834. The molecule has 2 aromatic carbocycles. The van der Waals surface area contributed by atoms with Gasteiger partial charge < -0.3 is 10.6 Å². The summed E-state index contributed by atoms with van der Waals surface area (Å²) >= 11 is 9.38. The third kappa shape index (κ3) is 3.19. The first kappa shape index (κ1) is 14.2. The van der Waals surface area contributed by atoms with Crippen LogP contribution >= 0.6 is 27.5 Å². The molecule has 0 bridgehead atoms. The van der Waals surface area contributed by atoms with Gasteiger partial charge in [-0.2, -0.15) is 0 Å². The molecule has 0 amide bonds. The van der Waals surface area contributed by atoms with Gasteiger partial charge in [0.05, 0.1) is 11.4 Å². The molecule has 2 N–H and O–H groups in total. The van der Waals surface area contributed by atoms with E-state index >= 15 is 0 Å². The van der Waals surface area contributed by atoms with E-state index in [4.69, 9.17) is 17.3 Å². The molecule has 100 valence electrons. The number of nitrogen functional groups attached to an aromatic ring is 1. The molecule has 0 fully saturated rings. The maximum absolute atomic E-state index is 13.7. The second-order valence-corrected chi connectivity index (χ2v) is 5.58. The molecule has 0 aliphatic rings. The summed E-state index contributed by atoms with van der Waals surface area (Å²) in [6, 6.07) is 10.3. The first-order chi connectivity index (χ1) is 8.99. The van der Waals surface area contributed by atoms with Gasteiger partial charge in [0.1, 0.15) is 5.82 Å². The van der Waals surface area contributed by atoms with E-state index in [0.717, 1.165) is 10.2 Å². The number of nitrogens with two attached hydrogens (primary N) is 1. The van der Waals surface area contributed by atoms with E-state index in [0.29, 0.717) is 22.8 Å². The van der Waals surface area contributed by atoms with Crippen molar-refractivity contribution in [2.24, 2.45) is 0 Å². The predicted octanol–water partition coefficient (Wildman–Crippen LogP) is 4.46. The molecular weight excluding hydrogens is 331 g/mol. The number of halogens is 3. The van der Waals surface area contributed by atoms with Gasteiger partial charge in [-0.3, -0.25) is 0 Å². The Hall–Kier alpha value is -1.26. The number of benzene rings is 2. The van der Waals surface area contributed by atoms with Crippen LogP contribution in [0.15, 0.2) is 40.9 Å². The molecule has 0 saturated carbocycles. The molecule has 0 unspecified atom stereocenters. The predicted molar refractivity (Wildman–Crippen MR) is 82.1 cm³/mol. The van der Waals surface area contributed by atoms with E-state index in [1.165, 1.54) is 6.07 Å². The van der Waals surface area contributed by atoms with Gasteiger partial charge in [0.15, 0.2) is 0 Å². The number of rotatable bonds is 3. The molecule has 0 aromatic heterocycles. The van der Waals surface area contributed by atoms with Gasteiger partial charge in [-0.1, -0.05) is 33.6 Å². The van der Waals surface area contributed by atoms with E-state index in [1.54, 1.807) is 12.1 Å². The minimum Gasteiger partial charge on any atom is -0.397 e. The lowest BCUT2D eigenvalue weighted by Gasteiger charge is -2.22. The summed E-state index contributed by atoms with van der Waals surface area (Å²) in [5, 5.41) is 0.419. The first-order valence-electron chi connectivity index (χ1n) is 5.68. The Morgan fingerprint density at radius 2 is 2.05 bits per heavy atom. The topological polar surface area (TPSA) is 29.3 Å². The number of hydrogen-bond acceptors (Lipinski definition) is 2. The van der Waals surface area contributed by atoms with E-state index in [2.05, 4.69) is 15.9 Å². The van der Waals surface area contributed by atoms with Crippen LogP contribution in [-0.2, 0) is 6.54 Å². The van der Waals surface area contributed by atoms with Gasteiger partial charge in [0.2, 0.25) is 0 Å². The van der Waals surface area contributed by atoms with Crippen molar-refractivity contribution in [3.63, 3.8) is 0 Å². The average molecular weight is 344 g/mol. The highest BCUT2D eigenvalue weighted by atomic mass is 79.9. The van der Waals surface area contributed by atoms with Crippen LogP contribution in [-0.4, -0.2) is 7.05 Å². The summed E-state index contributed by atoms with van der Waals surface area (Å²) in [6.07, 6.45) is 0. The van der Waals surface area contributed by atoms with Gasteiger partial charge in [0.25, 0.3) is 0 Å². The Kier molecular flexibility index (Phi) is 4.32. The van der Waals surface area contributed by atoms with E-state index in [-0.39, 0.29) is 5.82 Å². The van der Waals surface area contributed by atoms with Gasteiger partial charge >= 0.3 is 0 Å². The van der Waals surface area contributed by atoms with E-state index < -0.39 is 0 Å². The van der Waals surface area contributed by atoms with E-state index in [1.807, 2.05) is 30.1 Å². The van der Waals surface area contributed by atoms with Crippen molar-refractivity contribution < 1.29 is 4.39 Å². The highest BCUT2D eigenvalue weighted by Crippen LogP contribution is 2.28. The monoisotopic (exact) mass is 342 g/mol. The summed E-state index contributed by atoms with van der Waals surface area (Å²) in [6.45, 7) is 0.358. The summed E-state index contributed by atoms with van der Waals surface area (Å²) < 4.78 is 14.6. The molecule has 19 heavy (non-hydrogen) atoms. The summed E-state index contributed by atoms with van der Waals surface area (Å²) in [5.74, 6) is -0.310. The second kappa shape index (κ2) is 5.80. The van der Waals surface area contributed by atoms with Crippen molar-refractivity contribution in [1.82, 2.24) is 0 Å². The summed E-state index contributed by atoms with van der Waals surface area (Å²) in [4.78, 5) is 1.87. The third-order valence-electron chi connectivity index (χ3n) is 2.86. The van der Waals surface area contributed by atoms with Crippen LogP contribution in [0.25, 0.3) is 0 Å². The van der Waals surface area contributed by atoms with Gasteiger partial charge in [-0.05, 0) is 30.3 Å². The molecule has 0 atom stereocenters. The van der Waals surface area contributed by atoms with Gasteiger partial charge in [0, 0.05) is 28.7 Å². The molecule has 0 saturated heterocycles. The zero-order chi connectivity index (χ0) is 14.0. The Morgan fingerprint density at radius 1 is 1.32 bits per heavy atom. The number of nitrogens with zero attached hydrogens (tertiary/aromatic N) is 1. The Balaban J connectivity index is 2.28. The maximum Gasteiger partial charge on any atom is 0.129 e. The fraction of sp³-hybridized carbons (Fsp3) is 0.143. The molecule has 0 spiro atoms. The molecule has 0 radical (unpaired) electrons. The Labute approximate surface area is 125 Å². The average Bonchev–Trinajstić information content (AvgIpc) is 2.33. The van der Waals surface area contributed by atoms with Crippen molar-refractivity contribution in [2.75, 3.05) is 17.7 Å². The zero-order valence-electron chi connectivity index (χ0n) is 10.3. The lowest BCUT2D eigenvalue weighted by molar-refractivity contribution is 0.608. The number of anilines is 2. The summed E-state index contributed by atoms with van der Waals surface area (Å²) in [7, 11) is 1.85. The molecule has 0 aliphatic carbocycles. The largest absolute Gasteiger partial charge is 0.397 e. The zero-order valence-corrected chi connectivity index (χ0v) is 12.7. The molecule has 2 aromatic rings. The lowest BCUT2D eigenvalue weighted by Crippen LogP contribution is -2.18. The second-order valence-electron chi connectivity index (χ2n) is 4.26. The fourth-order valence-electron chi connectivity index (χ4n) is 1.88. The van der Waals surface area contributed by atoms with E-state index in [9.17, 15) is 4.39 Å². The minimum atomic E-state index is -0.310. The van der Waals surface area contributed by atoms with Gasteiger partial charge in [-0.15, -0.1) is 0 Å². The molecule has 0 aliphatic heterocycles. The van der Waals surface area contributed by atoms with Crippen LogP contribution in [0.1, 0.15) is 5.56 Å². The number of hydrogen-bond donors (Lipinski definition) is 1. The smallest absolute Gasteiger partial charge is 0.129 e. The molecule has 2 nitrogen and oxygen atoms in total. The lowest BCUT2D eigenvalue weighted by atomic mass is 10.2. The van der Waals surface area contributed by atoms with Crippen molar-refractivity contribution >= 4 is 38.9 Å². The highest BCUT2D eigenvalue weighted by Gasteiger charge is 2.12. The molecule has 2 rings (SSSR count). The first-order valence-corrected chi connectivity index (χ1v) is 6.85. The third-order valence-corrected chi connectivity index (χ3v) is 3.71. The van der Waals surface area contributed by atoms with Crippen LogP contribution in [0.3, 0.4) is 0 Å². The fourth-order valence-corrected chi connectivity index (χ4v) is 2.48. The normalized spacial score (nSPS) is 10.5. The Morgan fingerprint density at radius 3 is 2.68 bits per heavy atom. The van der Waals surface area contributed by atoms with Crippen LogP contribution in [0, 0.1) is 5.82 Å². The molecular formula is C14H13BrClFN2.